The molecule has 0 fully saturated rings. The van der Waals surface area contributed by atoms with Gasteiger partial charge in [-0.15, -0.1) is 0 Å². The van der Waals surface area contributed by atoms with E-state index in [1.165, 1.54) is 37.4 Å². The number of methoxy groups -OCH3 is 3. The molecule has 109 heavy (non-hydrogen) atoms. The van der Waals surface area contributed by atoms with Crippen LogP contribution >= 0.6 is 0 Å². The number of aliphatic hydroxyl groups is 2. The number of ether oxygens (including phenoxy) is 13. The average molecular weight is 1540 g/mol. The van der Waals surface area contributed by atoms with Gasteiger partial charge in [-0.2, -0.15) is 0 Å². The maximum atomic E-state index is 11.4. The second-order valence-corrected chi connectivity index (χ2v) is 22.9. The van der Waals surface area contributed by atoms with Crippen LogP contribution in [0.1, 0.15) is 240 Å². The van der Waals surface area contributed by atoms with Gasteiger partial charge in [0, 0.05) is 27.4 Å². The molecule has 8 rings (SSSR count). The zero-order valence-corrected chi connectivity index (χ0v) is 64.9. The standard InChI is InChI=1S/2C11H16O4.2C10H14O4.2C9H12O4.C9H12O3.C8H8O5/c1-4-13-7-9-5-6-10(15-9)11(12)14-8(2)3;1-3-7-14-11(12)10-6-5-9(15-10)8-13-4-2;1-7(2)13-10(11)9-5-4-8(14-9)6-12-3;1-3-6-13-10(11)9-5-4-8(14-9)7-12-2;1-6(2)12-9(11)8-4-3-7(5-10)13-8;1-2-5-12-9(11)8-4-3-7(6-10)13-8;1-6(2)11-9(10)8-5-4-7(3)12-8;1-11-8(10)7-3-2-6(13-7)4-12-5-9/h5-6,8H,4,7H2,1-3H3;5-6H,3-4,7-8H2,1-2H3;4-5,7H,6H2,1-3H3;4-5H,3,6-7H2,1-2H3;3-4,6,10H,5H2,1-2H3;3-4,10H,2,5-6H2,1H3;4-6H,1-3H3;2-3,5H,4H2,1H3. The lowest BCUT2D eigenvalue weighted by Crippen LogP contribution is -2.10. The largest absolute Gasteiger partial charge is 0.463 e. The molecule has 0 aliphatic carbocycles. The van der Waals surface area contributed by atoms with Crippen LogP contribution in [0.4, 0.5) is 0 Å². The normalized spacial score (nSPS) is 10.2. The molecule has 0 bridgehead atoms. The fourth-order valence-electron chi connectivity index (χ4n) is 7.31. The molecule has 8 aromatic heterocycles. The molecule has 8 aromatic rings. The van der Waals surface area contributed by atoms with Crippen LogP contribution in [0.25, 0.3) is 0 Å². The molecule has 0 amide bonds. The molecular formula is C77H104O32. The average Bonchev–Trinajstić information content (AvgIpc) is 1.79. The van der Waals surface area contributed by atoms with Gasteiger partial charge in [-0.1, -0.05) is 20.8 Å². The highest BCUT2D eigenvalue weighted by molar-refractivity contribution is 5.89. The van der Waals surface area contributed by atoms with Gasteiger partial charge in [0.15, 0.2) is 0 Å². The number of hydrogen-bond donors (Lipinski definition) is 2. The SMILES string of the molecule is CC(C)OC(=O)c1ccc(CO)o1.CCCOC(=O)c1ccc(CO)o1.CCCOC(=O)c1ccc(COC)o1.CCCOC(=O)c1ccc(COCC)o1.CCOCc1ccc(C(=O)OC(C)C)o1.COC(=O)c1ccc(COC=O)o1.COCc1ccc(C(=O)OC(C)C)o1.Cc1ccc(C(=O)OC(C)C)o1. The fraction of sp³-hybridized carbons (Fsp3) is 0.468. The summed E-state index contributed by atoms with van der Waals surface area (Å²) in [4.78, 5) is 99.5. The van der Waals surface area contributed by atoms with Crippen molar-refractivity contribution in [2.45, 2.75) is 187 Å². The molecule has 0 spiro atoms. The molecule has 0 aliphatic heterocycles. The first-order valence-electron chi connectivity index (χ1n) is 34.6. The summed E-state index contributed by atoms with van der Waals surface area (Å²) in [5, 5.41) is 17.3. The summed E-state index contributed by atoms with van der Waals surface area (Å²) < 4.78 is 104. The number of hydrogen-bond acceptors (Lipinski definition) is 32. The molecule has 604 valence electrons. The number of carbonyl (C=O) groups is 9. The minimum Gasteiger partial charge on any atom is -0.463 e. The van der Waals surface area contributed by atoms with Crippen LogP contribution in [-0.2, 0) is 113 Å². The van der Waals surface area contributed by atoms with Crippen molar-refractivity contribution in [3.05, 3.63) is 189 Å². The molecule has 0 saturated carbocycles. The Morgan fingerprint density at radius 2 is 0.587 bits per heavy atom. The second kappa shape index (κ2) is 56.5. The zero-order valence-electron chi connectivity index (χ0n) is 64.9. The van der Waals surface area contributed by atoms with Crippen molar-refractivity contribution in [3.63, 3.8) is 0 Å². The van der Waals surface area contributed by atoms with E-state index in [1.54, 1.807) is 143 Å². The first-order valence-corrected chi connectivity index (χ1v) is 34.6. The van der Waals surface area contributed by atoms with Gasteiger partial charge in [0.25, 0.3) is 6.47 Å². The van der Waals surface area contributed by atoms with Crippen molar-refractivity contribution in [1.29, 1.82) is 0 Å². The summed E-state index contributed by atoms with van der Waals surface area (Å²) >= 11 is 0. The summed E-state index contributed by atoms with van der Waals surface area (Å²) in [6, 6.07) is 25.6. The van der Waals surface area contributed by atoms with Gasteiger partial charge < -0.3 is 107 Å². The van der Waals surface area contributed by atoms with Gasteiger partial charge in [-0.3, -0.25) is 4.79 Å². The zero-order chi connectivity index (χ0) is 81.6. The van der Waals surface area contributed by atoms with Crippen molar-refractivity contribution >= 4 is 54.2 Å². The molecule has 32 nitrogen and oxygen atoms in total. The predicted octanol–water partition coefficient (Wildman–Crippen LogP) is 14.3. The second-order valence-electron chi connectivity index (χ2n) is 22.9. The lowest BCUT2D eigenvalue weighted by atomic mass is 10.4. The smallest absolute Gasteiger partial charge is 0.374 e. The third kappa shape index (κ3) is 41.8. The van der Waals surface area contributed by atoms with Gasteiger partial charge in [0.1, 0.15) is 92.3 Å². The van der Waals surface area contributed by atoms with E-state index in [9.17, 15) is 43.2 Å². The summed E-state index contributed by atoms with van der Waals surface area (Å²) in [7, 11) is 4.39. The third-order valence-corrected chi connectivity index (χ3v) is 11.9. The molecule has 0 saturated heterocycles. The number of aliphatic hydroxyl groups excluding tert-OH is 2. The molecule has 0 aliphatic rings. The maximum absolute atomic E-state index is 11.4. The summed E-state index contributed by atoms with van der Waals surface area (Å²) in [6.45, 7) is 29.5. The number of carbonyl (C=O) groups excluding carboxylic acids is 9. The van der Waals surface area contributed by atoms with E-state index >= 15 is 0 Å². The summed E-state index contributed by atoms with van der Waals surface area (Å²) in [6.07, 6.45) is 1.82. The third-order valence-electron chi connectivity index (χ3n) is 11.9. The van der Waals surface area contributed by atoms with Crippen LogP contribution in [0, 0.1) is 6.92 Å². The molecule has 0 atom stereocenters. The maximum Gasteiger partial charge on any atom is 0.374 e. The summed E-state index contributed by atoms with van der Waals surface area (Å²) in [5.74, 6) is 2.18. The van der Waals surface area contributed by atoms with E-state index in [1.807, 2.05) is 34.6 Å². The Morgan fingerprint density at radius 1 is 0.339 bits per heavy atom. The molecule has 32 heteroatoms. The molecular weight excluding hydrogens is 1440 g/mol. The van der Waals surface area contributed by atoms with Crippen LogP contribution < -0.4 is 0 Å². The van der Waals surface area contributed by atoms with E-state index in [0.29, 0.717) is 112 Å². The number of aryl methyl sites for hydroxylation is 1. The number of furan rings is 8. The number of esters is 8. The Labute approximate surface area is 632 Å². The van der Waals surface area contributed by atoms with Crippen molar-refractivity contribution in [1.82, 2.24) is 0 Å². The molecule has 0 radical (unpaired) electrons. The van der Waals surface area contributed by atoms with Crippen LogP contribution in [0.15, 0.2) is 132 Å². The minimum atomic E-state index is -0.558. The molecule has 8 heterocycles. The molecule has 0 aromatic carbocycles. The van der Waals surface area contributed by atoms with Crippen molar-refractivity contribution in [2.75, 3.05) is 54.4 Å². The quantitative estimate of drug-likeness (QED) is 0.0219. The van der Waals surface area contributed by atoms with Gasteiger partial charge in [-0.25, -0.2) is 38.4 Å². The molecule has 2 N–H and O–H groups in total. The topological polar surface area (TPSA) is 419 Å². The van der Waals surface area contributed by atoms with E-state index < -0.39 is 47.8 Å². The predicted molar refractivity (Wildman–Crippen MR) is 384 cm³/mol. The van der Waals surface area contributed by atoms with Crippen LogP contribution in [0.3, 0.4) is 0 Å². The summed E-state index contributed by atoms with van der Waals surface area (Å²) in [5.41, 5.74) is 0. The Balaban J connectivity index is 0.000000623. The lowest BCUT2D eigenvalue weighted by Gasteiger charge is -2.05. The highest BCUT2D eigenvalue weighted by Gasteiger charge is 2.19. The van der Waals surface area contributed by atoms with E-state index in [4.69, 9.17) is 97.7 Å². The van der Waals surface area contributed by atoms with E-state index in [0.717, 1.165) is 19.3 Å². The first-order chi connectivity index (χ1) is 52.1. The fourth-order valence-corrected chi connectivity index (χ4v) is 7.31. The van der Waals surface area contributed by atoms with Crippen LogP contribution in [0.2, 0.25) is 0 Å². The van der Waals surface area contributed by atoms with Gasteiger partial charge in [0.05, 0.1) is 51.3 Å². The van der Waals surface area contributed by atoms with E-state index in [2.05, 4.69) is 9.47 Å². The Morgan fingerprint density at radius 3 is 0.817 bits per heavy atom. The van der Waals surface area contributed by atoms with Gasteiger partial charge >= 0.3 is 47.8 Å². The Hall–Kier alpha value is -10.8. The minimum absolute atomic E-state index is 0.0144. The van der Waals surface area contributed by atoms with Gasteiger partial charge in [0.2, 0.25) is 46.1 Å². The van der Waals surface area contributed by atoms with Crippen molar-refractivity contribution in [2.24, 2.45) is 0 Å². The van der Waals surface area contributed by atoms with Crippen molar-refractivity contribution in [3.8, 4) is 0 Å². The van der Waals surface area contributed by atoms with Crippen molar-refractivity contribution < 1.29 is 150 Å². The first kappa shape index (κ1) is 96.2. The van der Waals surface area contributed by atoms with Gasteiger partial charge in [-0.05, 0) is 192 Å². The number of rotatable bonds is 33. The highest BCUT2D eigenvalue weighted by atomic mass is 16.6. The Kier molecular flexibility index (Phi) is 49.9. The highest BCUT2D eigenvalue weighted by Crippen LogP contribution is 2.17. The monoisotopic (exact) mass is 1540 g/mol. The van der Waals surface area contributed by atoms with Crippen LogP contribution in [-0.4, -0.2) is 143 Å². The molecule has 0 unspecified atom stereocenters. The Bertz CT molecular complexity index is 3810. The van der Waals surface area contributed by atoms with E-state index in [-0.39, 0.29) is 90.3 Å². The van der Waals surface area contributed by atoms with Crippen LogP contribution in [0.5, 0.6) is 0 Å². The lowest BCUT2D eigenvalue weighted by molar-refractivity contribution is -0.130.